The maximum absolute atomic E-state index is 13.5. The summed E-state index contributed by atoms with van der Waals surface area (Å²) < 4.78 is 15.5. The fourth-order valence-corrected chi connectivity index (χ4v) is 4.62. The van der Waals surface area contributed by atoms with Crippen molar-refractivity contribution in [2.24, 2.45) is 5.92 Å². The molecule has 1 aliphatic rings. The molecule has 7 nitrogen and oxygen atoms in total. The van der Waals surface area contributed by atoms with Crippen molar-refractivity contribution in [3.05, 3.63) is 58.9 Å². The number of piperidine rings is 1. The second-order valence-electron chi connectivity index (χ2n) is 9.10. The number of aryl methyl sites for hydroxylation is 1. The number of hydrogen-bond donors (Lipinski definition) is 1. The van der Waals surface area contributed by atoms with Gasteiger partial charge in [-0.2, -0.15) is 4.39 Å². The minimum Gasteiger partial charge on any atom is -0.353 e. The van der Waals surface area contributed by atoms with Crippen molar-refractivity contribution in [3.8, 4) is 0 Å². The van der Waals surface area contributed by atoms with Gasteiger partial charge in [0.05, 0.1) is 5.56 Å². The zero-order chi connectivity index (χ0) is 25.2. The first-order chi connectivity index (χ1) is 16.9. The van der Waals surface area contributed by atoms with E-state index in [-0.39, 0.29) is 17.4 Å². The number of carbonyl (C=O) groups is 3. The maximum atomic E-state index is 13.5. The van der Waals surface area contributed by atoms with E-state index in [0.717, 1.165) is 57.0 Å². The van der Waals surface area contributed by atoms with Crippen LogP contribution in [-0.2, 0) is 11.3 Å². The number of aromatic nitrogens is 2. The van der Waals surface area contributed by atoms with Crippen LogP contribution in [0.1, 0.15) is 77.4 Å². The highest BCUT2D eigenvalue weighted by Gasteiger charge is 2.27. The van der Waals surface area contributed by atoms with Crippen molar-refractivity contribution in [2.75, 3.05) is 19.6 Å². The van der Waals surface area contributed by atoms with Gasteiger partial charge in [0.2, 0.25) is 11.9 Å². The van der Waals surface area contributed by atoms with Gasteiger partial charge < -0.3 is 14.8 Å². The van der Waals surface area contributed by atoms with E-state index in [4.69, 9.17) is 0 Å². The third-order valence-corrected chi connectivity index (χ3v) is 6.62. The molecule has 0 saturated carbocycles. The number of pyridine rings is 1. The Labute approximate surface area is 206 Å². The highest BCUT2D eigenvalue weighted by atomic mass is 19.1. The van der Waals surface area contributed by atoms with Gasteiger partial charge in [0.15, 0.2) is 6.29 Å². The van der Waals surface area contributed by atoms with E-state index in [1.54, 1.807) is 18.3 Å². The van der Waals surface area contributed by atoms with Crippen LogP contribution in [0.25, 0.3) is 6.08 Å². The molecule has 1 N–H and O–H groups in total. The van der Waals surface area contributed by atoms with E-state index in [9.17, 15) is 18.8 Å². The maximum Gasteiger partial charge on any atom is 0.256 e. The molecule has 35 heavy (non-hydrogen) atoms. The standard InChI is InChI=1S/C27H35FN4O3/c1-3-15-32-18-23(19-33)25(20(32)2)27(35)31-16-11-21(12-17-31)7-4-5-13-29-24(34)10-9-22-8-6-14-30-26(22)28/h6,8-10,14,18-19,21H,3-5,7,11-13,15-17H2,1-2H3,(H,29,34)/b10-9+. The molecule has 3 rings (SSSR count). The zero-order valence-electron chi connectivity index (χ0n) is 20.6. The first-order valence-electron chi connectivity index (χ1n) is 12.4. The van der Waals surface area contributed by atoms with Crippen molar-refractivity contribution in [3.63, 3.8) is 0 Å². The first kappa shape index (κ1) is 26.3. The van der Waals surface area contributed by atoms with Gasteiger partial charge in [-0.1, -0.05) is 19.8 Å². The molecule has 0 spiro atoms. The van der Waals surface area contributed by atoms with Crippen LogP contribution in [0.5, 0.6) is 0 Å². The molecule has 0 unspecified atom stereocenters. The highest BCUT2D eigenvalue weighted by molar-refractivity contribution is 6.02. The van der Waals surface area contributed by atoms with Gasteiger partial charge in [-0.3, -0.25) is 14.4 Å². The fourth-order valence-electron chi connectivity index (χ4n) is 4.62. The molecule has 0 aliphatic carbocycles. The predicted molar refractivity (Wildman–Crippen MR) is 134 cm³/mol. The number of halogens is 1. The first-order valence-corrected chi connectivity index (χ1v) is 12.4. The van der Waals surface area contributed by atoms with Gasteiger partial charge in [0, 0.05) is 61.5 Å². The molecule has 2 amide bonds. The van der Waals surface area contributed by atoms with Crippen LogP contribution in [0.2, 0.25) is 0 Å². The Hall–Kier alpha value is -3.29. The van der Waals surface area contributed by atoms with Crippen molar-refractivity contribution >= 4 is 24.2 Å². The number of nitrogens with zero attached hydrogens (tertiary/aromatic N) is 3. The number of likely N-dealkylation sites (tertiary alicyclic amines) is 1. The van der Waals surface area contributed by atoms with Crippen LogP contribution in [0, 0.1) is 18.8 Å². The third-order valence-electron chi connectivity index (χ3n) is 6.62. The highest BCUT2D eigenvalue weighted by Crippen LogP contribution is 2.26. The zero-order valence-corrected chi connectivity index (χ0v) is 20.6. The van der Waals surface area contributed by atoms with Crippen molar-refractivity contribution in [2.45, 2.75) is 58.9 Å². The summed E-state index contributed by atoms with van der Waals surface area (Å²) in [6.45, 7) is 6.75. The molecule has 1 fully saturated rings. The number of unbranched alkanes of at least 4 members (excludes halogenated alkanes) is 1. The minimum absolute atomic E-state index is 0.0418. The Kier molecular flexibility index (Phi) is 9.76. The average Bonchev–Trinajstić information content (AvgIpc) is 3.18. The lowest BCUT2D eigenvalue weighted by Gasteiger charge is -2.32. The molecule has 1 saturated heterocycles. The lowest BCUT2D eigenvalue weighted by molar-refractivity contribution is -0.116. The predicted octanol–water partition coefficient (Wildman–Crippen LogP) is 4.41. The van der Waals surface area contributed by atoms with E-state index >= 15 is 0 Å². The van der Waals surface area contributed by atoms with Crippen LogP contribution in [0.3, 0.4) is 0 Å². The Balaban J connectivity index is 1.37. The SMILES string of the molecule is CCCn1cc(C=O)c(C(=O)N2CCC(CCCCNC(=O)/C=C/c3cccnc3F)CC2)c1C. The van der Waals surface area contributed by atoms with Crippen molar-refractivity contribution in [1.82, 2.24) is 19.8 Å². The molecule has 2 aromatic heterocycles. The van der Waals surface area contributed by atoms with Gasteiger partial charge in [0.25, 0.3) is 5.91 Å². The lowest BCUT2D eigenvalue weighted by Crippen LogP contribution is -2.39. The number of rotatable bonds is 11. The van der Waals surface area contributed by atoms with Gasteiger partial charge in [-0.25, -0.2) is 4.98 Å². The number of carbonyl (C=O) groups excluding carboxylic acids is 3. The summed E-state index contributed by atoms with van der Waals surface area (Å²) in [4.78, 5) is 42.0. The molecule has 0 radical (unpaired) electrons. The Morgan fingerprint density at radius 2 is 2.00 bits per heavy atom. The topological polar surface area (TPSA) is 84.3 Å². The summed E-state index contributed by atoms with van der Waals surface area (Å²) >= 11 is 0. The quantitative estimate of drug-likeness (QED) is 0.223. The molecule has 0 bridgehead atoms. The molecule has 2 aromatic rings. The summed E-state index contributed by atoms with van der Waals surface area (Å²) in [5.41, 5.74) is 2.17. The molecular weight excluding hydrogens is 447 g/mol. The minimum atomic E-state index is -0.599. The summed E-state index contributed by atoms with van der Waals surface area (Å²) in [5, 5.41) is 2.83. The average molecular weight is 483 g/mol. The summed E-state index contributed by atoms with van der Waals surface area (Å²) in [5.74, 6) is -0.337. The van der Waals surface area contributed by atoms with Gasteiger partial charge in [0.1, 0.15) is 0 Å². The fraction of sp³-hybridized carbons (Fsp3) is 0.481. The van der Waals surface area contributed by atoms with E-state index in [1.807, 2.05) is 16.4 Å². The Bertz CT molecular complexity index is 1050. The van der Waals surface area contributed by atoms with Crippen LogP contribution in [0.15, 0.2) is 30.6 Å². The van der Waals surface area contributed by atoms with Crippen molar-refractivity contribution < 1.29 is 18.8 Å². The van der Waals surface area contributed by atoms with Gasteiger partial charge in [-0.05, 0) is 56.7 Å². The molecule has 3 heterocycles. The van der Waals surface area contributed by atoms with Crippen LogP contribution >= 0.6 is 0 Å². The van der Waals surface area contributed by atoms with E-state index in [2.05, 4.69) is 17.2 Å². The Morgan fingerprint density at radius 1 is 1.23 bits per heavy atom. The van der Waals surface area contributed by atoms with Gasteiger partial charge >= 0.3 is 0 Å². The van der Waals surface area contributed by atoms with Crippen molar-refractivity contribution in [1.29, 1.82) is 0 Å². The normalized spacial score (nSPS) is 14.4. The summed E-state index contributed by atoms with van der Waals surface area (Å²) in [6.07, 6.45) is 12.4. The number of hydrogen-bond acceptors (Lipinski definition) is 4. The molecule has 0 aromatic carbocycles. The molecular formula is C27H35FN4O3. The van der Waals surface area contributed by atoms with Crippen LogP contribution in [-0.4, -0.2) is 52.2 Å². The molecule has 0 atom stereocenters. The molecule has 8 heteroatoms. The van der Waals surface area contributed by atoms with Gasteiger partial charge in [-0.15, -0.1) is 0 Å². The van der Waals surface area contributed by atoms with Crippen LogP contribution in [0.4, 0.5) is 4.39 Å². The lowest BCUT2D eigenvalue weighted by atomic mass is 9.91. The monoisotopic (exact) mass is 482 g/mol. The van der Waals surface area contributed by atoms with E-state index in [1.165, 1.54) is 18.3 Å². The second kappa shape index (κ2) is 13.0. The smallest absolute Gasteiger partial charge is 0.256 e. The Morgan fingerprint density at radius 3 is 2.69 bits per heavy atom. The number of aldehydes is 1. The van der Waals surface area contributed by atoms with Crippen LogP contribution < -0.4 is 5.32 Å². The summed E-state index contributed by atoms with van der Waals surface area (Å²) in [6, 6.07) is 3.18. The number of amides is 2. The van der Waals surface area contributed by atoms with E-state index < -0.39 is 5.95 Å². The third kappa shape index (κ3) is 7.10. The van der Waals surface area contributed by atoms with E-state index in [0.29, 0.717) is 36.7 Å². The number of nitrogens with one attached hydrogen (secondary N) is 1. The largest absolute Gasteiger partial charge is 0.353 e. The molecule has 188 valence electrons. The molecule has 1 aliphatic heterocycles. The second-order valence-corrected chi connectivity index (χ2v) is 9.10. The summed E-state index contributed by atoms with van der Waals surface area (Å²) in [7, 11) is 0.